The van der Waals surface area contributed by atoms with Crippen molar-refractivity contribution in [3.8, 4) is 6.01 Å². The van der Waals surface area contributed by atoms with Gasteiger partial charge in [0.15, 0.2) is 0 Å². The smallest absolute Gasteiger partial charge is 0.416 e. The first kappa shape index (κ1) is 42.0. The molecule has 0 spiro atoms. The van der Waals surface area contributed by atoms with Gasteiger partial charge in [0.05, 0.1) is 40.6 Å². The van der Waals surface area contributed by atoms with Crippen molar-refractivity contribution in [2.75, 3.05) is 6.54 Å². The molecule has 3 amide bonds. The van der Waals surface area contributed by atoms with Crippen molar-refractivity contribution in [2.24, 2.45) is 23.7 Å². The van der Waals surface area contributed by atoms with Crippen LogP contribution in [0.5, 0.6) is 6.01 Å². The highest BCUT2D eigenvalue weighted by Crippen LogP contribution is 2.46. The summed E-state index contributed by atoms with van der Waals surface area (Å²) in [6.07, 6.45) is 6.27. The van der Waals surface area contributed by atoms with Crippen LogP contribution in [0.1, 0.15) is 95.5 Å². The molecule has 4 saturated carbocycles. The van der Waals surface area contributed by atoms with E-state index < -0.39 is 85.8 Å². The zero-order valence-corrected chi connectivity index (χ0v) is 34.0. The summed E-state index contributed by atoms with van der Waals surface area (Å²) in [5, 5.41) is 1.99. The van der Waals surface area contributed by atoms with Gasteiger partial charge in [-0.2, -0.15) is 18.2 Å². The topological polar surface area (TPSA) is 183 Å². The van der Waals surface area contributed by atoms with Gasteiger partial charge >= 0.3 is 12.1 Å². The third-order valence-electron chi connectivity index (χ3n) is 13.3. The number of allylic oxidation sites excluding steroid dienone is 2. The van der Waals surface area contributed by atoms with Gasteiger partial charge in [-0.25, -0.2) is 8.42 Å². The Morgan fingerprint density at radius 2 is 1.72 bits per heavy atom. The number of benzene rings is 1. The zero-order chi connectivity index (χ0) is 42.6. The molecule has 1 saturated heterocycles. The molecule has 60 heavy (non-hydrogen) atoms. The second-order valence-corrected chi connectivity index (χ2v) is 19.3. The molecule has 18 heteroatoms. The Kier molecular flexibility index (Phi) is 11.4. The number of halogens is 3. The van der Waals surface area contributed by atoms with Gasteiger partial charge < -0.3 is 19.7 Å². The maximum atomic E-state index is 14.9. The molecule has 2 bridgehead atoms. The zero-order valence-electron chi connectivity index (χ0n) is 33.2. The summed E-state index contributed by atoms with van der Waals surface area (Å²) in [7, 11) is -3.98. The number of esters is 1. The standard InChI is InChI=1S/C42H50F3N5O9S/c1-2-26-22-41(26,39(55)48-60(56,57)29-15-16-29)47-36(52)33-20-28-23-50(33)38(54)31(24-9-5-6-10-24)21-35(51)59-34-13-8-12-25(34)11-4-3-7-18-49-37(53)30-17-14-27(42(43,44)45)19-32(30)46-40(49)58-28/h2-3,7,14,17,19,24-26,28-29,31,33-34H,1,4-6,8-13,15-16,18,20-23H2,(H,47,52)(H,48,55)/b7-3+/t25-,26-,28-,31+,33+,34-,41-/m1/s1. The number of sulfonamides is 1. The molecule has 6 aliphatic rings. The number of fused-ring (bicyclic) bond motifs is 5. The highest BCUT2D eigenvalue weighted by Gasteiger charge is 2.62. The van der Waals surface area contributed by atoms with E-state index in [1.807, 2.05) is 6.08 Å². The van der Waals surface area contributed by atoms with Gasteiger partial charge in [0.2, 0.25) is 21.8 Å². The number of aromatic nitrogens is 2. The molecule has 8 rings (SSSR count). The van der Waals surface area contributed by atoms with Gasteiger partial charge in [-0.3, -0.25) is 33.3 Å². The molecule has 2 N–H and O–H groups in total. The monoisotopic (exact) mass is 857 g/mol. The lowest BCUT2D eigenvalue weighted by molar-refractivity contribution is -0.156. The number of alkyl halides is 3. The van der Waals surface area contributed by atoms with Crippen LogP contribution in [0, 0.1) is 23.7 Å². The van der Waals surface area contributed by atoms with Crippen molar-refractivity contribution in [2.45, 2.75) is 132 Å². The number of hydrogen-bond acceptors (Lipinski definition) is 10. The van der Waals surface area contributed by atoms with E-state index in [2.05, 4.69) is 21.6 Å². The number of nitrogens with zero attached hydrogens (tertiary/aromatic N) is 3. The minimum absolute atomic E-state index is 0.0470. The minimum atomic E-state index is -4.72. The lowest BCUT2D eigenvalue weighted by atomic mass is 9.86. The number of nitrogens with one attached hydrogen (secondary N) is 2. The Morgan fingerprint density at radius 1 is 0.967 bits per heavy atom. The lowest BCUT2D eigenvalue weighted by Crippen LogP contribution is -2.57. The van der Waals surface area contributed by atoms with E-state index >= 15 is 0 Å². The van der Waals surface area contributed by atoms with Crippen molar-refractivity contribution in [1.29, 1.82) is 0 Å². The SMILES string of the molecule is C=C[C@@H]1C[C@]1(NC(=O)[C@@H]1C[C@@H]2CN1C(=O)[C@H](C1CCCC1)CC(=O)O[C@@H]1CCC[C@H]1CC/C=C/Cn1c(nc3cc(C(F)(F)F)ccc3c1=O)O2)C(=O)NS(=O)(=O)C1CC1. The predicted octanol–water partition coefficient (Wildman–Crippen LogP) is 4.69. The van der Waals surface area contributed by atoms with Gasteiger partial charge in [0.25, 0.3) is 17.5 Å². The Hall–Kier alpha value is -4.74. The predicted molar refractivity (Wildman–Crippen MR) is 210 cm³/mol. The third-order valence-corrected chi connectivity index (χ3v) is 15.1. The van der Waals surface area contributed by atoms with Crippen LogP contribution in [0.15, 0.2) is 47.8 Å². The van der Waals surface area contributed by atoms with E-state index in [1.165, 1.54) is 15.5 Å². The molecule has 0 unspecified atom stereocenters. The van der Waals surface area contributed by atoms with E-state index in [9.17, 15) is 45.6 Å². The maximum absolute atomic E-state index is 14.9. The van der Waals surface area contributed by atoms with Crippen LogP contribution in [0.4, 0.5) is 13.2 Å². The summed E-state index contributed by atoms with van der Waals surface area (Å²) in [4.78, 5) is 76.4. The van der Waals surface area contributed by atoms with Crippen molar-refractivity contribution < 1.29 is 50.2 Å². The largest absolute Gasteiger partial charge is 0.462 e. The summed E-state index contributed by atoms with van der Waals surface area (Å²) in [6, 6.07) is 1.06. The van der Waals surface area contributed by atoms with Crippen LogP contribution in [0.2, 0.25) is 0 Å². The summed E-state index contributed by atoms with van der Waals surface area (Å²) in [6.45, 7) is 3.48. The van der Waals surface area contributed by atoms with Crippen LogP contribution in [-0.4, -0.2) is 82.1 Å². The Labute approximate surface area is 345 Å². The molecule has 3 heterocycles. The molecule has 1 aromatic carbocycles. The number of hydrogen-bond donors (Lipinski definition) is 2. The summed E-state index contributed by atoms with van der Waals surface area (Å²) < 4.78 is 82.7. The van der Waals surface area contributed by atoms with Gasteiger partial charge in [-0.1, -0.05) is 31.1 Å². The van der Waals surface area contributed by atoms with Crippen molar-refractivity contribution in [3.63, 3.8) is 0 Å². The first-order chi connectivity index (χ1) is 28.6. The molecule has 4 aliphatic carbocycles. The maximum Gasteiger partial charge on any atom is 0.416 e. The number of carbonyl (C=O) groups excluding carboxylic acids is 4. The molecule has 0 radical (unpaired) electrons. The first-order valence-electron chi connectivity index (χ1n) is 21.0. The highest BCUT2D eigenvalue weighted by molar-refractivity contribution is 7.91. The normalized spacial score (nSPS) is 30.9. The van der Waals surface area contributed by atoms with Gasteiger partial charge in [-0.15, -0.1) is 6.58 Å². The van der Waals surface area contributed by atoms with Gasteiger partial charge in [0, 0.05) is 18.9 Å². The van der Waals surface area contributed by atoms with Crippen molar-refractivity contribution >= 4 is 44.6 Å². The van der Waals surface area contributed by atoms with Crippen LogP contribution in [0.25, 0.3) is 10.9 Å². The fourth-order valence-electron chi connectivity index (χ4n) is 9.69. The molecule has 324 valence electrons. The van der Waals surface area contributed by atoms with E-state index in [-0.39, 0.29) is 67.2 Å². The summed E-state index contributed by atoms with van der Waals surface area (Å²) in [5.41, 5.74) is -3.57. The van der Waals surface area contributed by atoms with E-state index in [0.717, 1.165) is 43.9 Å². The van der Waals surface area contributed by atoms with Crippen LogP contribution < -0.4 is 20.3 Å². The number of ether oxygens (including phenoxy) is 2. The molecular formula is C42H50F3N5O9S. The van der Waals surface area contributed by atoms with Crippen molar-refractivity contribution in [1.82, 2.24) is 24.5 Å². The van der Waals surface area contributed by atoms with Crippen LogP contribution in [0.3, 0.4) is 0 Å². The third kappa shape index (κ3) is 8.44. The van der Waals surface area contributed by atoms with Crippen LogP contribution in [-0.2, 0) is 46.7 Å². The number of rotatable bonds is 7. The second kappa shape index (κ2) is 16.3. The van der Waals surface area contributed by atoms with Crippen LogP contribution >= 0.6 is 0 Å². The average Bonchev–Trinajstić information content (AvgIpc) is 3.99. The van der Waals surface area contributed by atoms with E-state index in [4.69, 9.17) is 9.47 Å². The van der Waals surface area contributed by atoms with E-state index in [0.29, 0.717) is 44.9 Å². The van der Waals surface area contributed by atoms with E-state index in [1.54, 1.807) is 6.08 Å². The lowest BCUT2D eigenvalue weighted by Gasteiger charge is -2.32. The fourth-order valence-corrected chi connectivity index (χ4v) is 11.1. The Balaban J connectivity index is 1.17. The minimum Gasteiger partial charge on any atom is -0.462 e. The fraction of sp³-hybridized carbons (Fsp3) is 0.619. The molecule has 2 aromatic rings. The molecule has 2 aliphatic heterocycles. The first-order valence-corrected chi connectivity index (χ1v) is 22.6. The summed E-state index contributed by atoms with van der Waals surface area (Å²) >= 11 is 0. The van der Waals surface area contributed by atoms with Crippen molar-refractivity contribution in [3.05, 3.63) is 58.9 Å². The molecule has 14 nitrogen and oxygen atoms in total. The Bertz CT molecular complexity index is 2270. The number of amides is 3. The molecule has 5 fully saturated rings. The number of carbonyl (C=O) groups is 4. The van der Waals surface area contributed by atoms with Gasteiger partial charge in [0.1, 0.15) is 23.8 Å². The summed E-state index contributed by atoms with van der Waals surface area (Å²) in [5.74, 6) is -4.24. The second-order valence-electron chi connectivity index (χ2n) is 17.3. The Morgan fingerprint density at radius 3 is 2.42 bits per heavy atom. The molecule has 7 atom stereocenters. The average molecular weight is 858 g/mol. The molecule has 1 aromatic heterocycles. The highest BCUT2D eigenvalue weighted by atomic mass is 32.2. The van der Waals surface area contributed by atoms with Gasteiger partial charge in [-0.05, 0) is 94.2 Å². The quantitative estimate of drug-likeness (QED) is 0.293. The molecular weight excluding hydrogens is 808 g/mol.